The molecule has 0 unspecified atom stereocenters. The Hall–Kier alpha value is -1.31. The monoisotopic (exact) mass is 299 g/mol. The Bertz CT molecular complexity index is 433. The number of ether oxygens (including phenoxy) is 1. The third-order valence-corrected chi connectivity index (χ3v) is 1.92. The molecule has 0 N–H and O–H groups in total. The van der Waals surface area contributed by atoms with Gasteiger partial charge in [-0.2, -0.15) is 13.2 Å². The van der Waals surface area contributed by atoms with E-state index in [1.165, 1.54) is 0 Å². The molecule has 16 heavy (non-hydrogen) atoms. The molecule has 4 nitrogen and oxygen atoms in total. The van der Waals surface area contributed by atoms with E-state index in [-0.39, 0.29) is 4.47 Å². The minimum Gasteiger partial charge on any atom is -0.425 e. The average molecular weight is 300 g/mol. The molecule has 0 saturated carbocycles. The number of nitro groups is 1. The standard InChI is InChI=1S/C8H5BrF3NO3/c1-8(11,12)16-6-3-4(9)2-5(10)7(6)13(14)15/h2-3H,1H3. The van der Waals surface area contributed by atoms with Crippen molar-refractivity contribution >= 4 is 21.6 Å². The highest BCUT2D eigenvalue weighted by Gasteiger charge is 2.31. The van der Waals surface area contributed by atoms with Gasteiger partial charge in [-0.3, -0.25) is 10.1 Å². The van der Waals surface area contributed by atoms with Gasteiger partial charge in [0.1, 0.15) is 0 Å². The molecule has 8 heteroatoms. The van der Waals surface area contributed by atoms with Crippen LogP contribution in [0.4, 0.5) is 18.9 Å². The van der Waals surface area contributed by atoms with Crippen molar-refractivity contribution < 1.29 is 22.8 Å². The molecule has 0 saturated heterocycles. The fourth-order valence-corrected chi connectivity index (χ4v) is 1.40. The number of hydrogen-bond acceptors (Lipinski definition) is 3. The summed E-state index contributed by atoms with van der Waals surface area (Å²) in [6, 6.07) is 1.69. The first-order chi connectivity index (χ1) is 7.20. The molecular weight excluding hydrogens is 295 g/mol. The van der Waals surface area contributed by atoms with Crippen molar-refractivity contribution in [3.8, 4) is 5.75 Å². The van der Waals surface area contributed by atoms with Crippen molar-refractivity contribution in [2.75, 3.05) is 0 Å². The molecule has 0 heterocycles. The fraction of sp³-hybridized carbons (Fsp3) is 0.250. The Labute approximate surface area is 96.3 Å². The summed E-state index contributed by atoms with van der Waals surface area (Å²) in [5.41, 5.74) is -1.12. The van der Waals surface area contributed by atoms with Gasteiger partial charge in [-0.1, -0.05) is 15.9 Å². The van der Waals surface area contributed by atoms with Gasteiger partial charge in [-0.25, -0.2) is 0 Å². The maximum absolute atomic E-state index is 13.1. The van der Waals surface area contributed by atoms with Gasteiger partial charge in [0.15, 0.2) is 0 Å². The molecule has 0 aliphatic carbocycles. The van der Waals surface area contributed by atoms with Crippen molar-refractivity contribution in [2.24, 2.45) is 0 Å². The number of hydrogen-bond donors (Lipinski definition) is 0. The molecule has 0 aliphatic rings. The lowest BCUT2D eigenvalue weighted by Crippen LogP contribution is -2.20. The molecule has 0 aliphatic heterocycles. The van der Waals surface area contributed by atoms with Crippen molar-refractivity contribution in [1.29, 1.82) is 0 Å². The summed E-state index contributed by atoms with van der Waals surface area (Å²) in [6.45, 7) is 0.398. The third kappa shape index (κ3) is 3.09. The first kappa shape index (κ1) is 12.8. The summed E-state index contributed by atoms with van der Waals surface area (Å²) in [4.78, 5) is 9.34. The molecular formula is C8H5BrF3NO3. The Morgan fingerprint density at radius 2 is 2.06 bits per heavy atom. The van der Waals surface area contributed by atoms with Crippen LogP contribution in [0.25, 0.3) is 0 Å². The van der Waals surface area contributed by atoms with Gasteiger partial charge in [-0.15, -0.1) is 0 Å². The fourth-order valence-electron chi connectivity index (χ4n) is 0.990. The quantitative estimate of drug-likeness (QED) is 0.634. The van der Waals surface area contributed by atoms with Gasteiger partial charge in [-0.05, 0) is 6.07 Å². The number of alkyl halides is 2. The Morgan fingerprint density at radius 1 is 1.50 bits per heavy atom. The molecule has 0 radical (unpaired) electrons. The predicted molar refractivity (Wildman–Crippen MR) is 52.0 cm³/mol. The summed E-state index contributed by atoms with van der Waals surface area (Å²) in [7, 11) is 0. The van der Waals surface area contributed by atoms with Gasteiger partial charge < -0.3 is 4.74 Å². The molecule has 1 aromatic carbocycles. The minimum absolute atomic E-state index is 0.0647. The topological polar surface area (TPSA) is 52.4 Å². The van der Waals surface area contributed by atoms with Crippen LogP contribution in [-0.4, -0.2) is 11.0 Å². The van der Waals surface area contributed by atoms with E-state index >= 15 is 0 Å². The van der Waals surface area contributed by atoms with Gasteiger partial charge in [0.2, 0.25) is 11.6 Å². The van der Waals surface area contributed by atoms with E-state index < -0.39 is 28.3 Å². The number of nitrogens with zero attached hydrogens (tertiary/aromatic N) is 1. The largest absolute Gasteiger partial charge is 0.425 e. The minimum atomic E-state index is -3.63. The normalized spacial score (nSPS) is 11.3. The molecule has 0 fully saturated rings. The van der Waals surface area contributed by atoms with E-state index in [4.69, 9.17) is 0 Å². The SMILES string of the molecule is CC(F)(F)Oc1cc(Br)cc(F)c1[N+](=O)[O-]. The van der Waals surface area contributed by atoms with Gasteiger partial charge in [0.05, 0.1) is 4.92 Å². The Morgan fingerprint density at radius 3 is 2.50 bits per heavy atom. The van der Waals surface area contributed by atoms with E-state index in [1.807, 2.05) is 0 Å². The summed E-state index contributed by atoms with van der Waals surface area (Å²) in [6.07, 6.45) is -3.63. The second kappa shape index (κ2) is 4.28. The lowest BCUT2D eigenvalue weighted by atomic mass is 10.3. The third-order valence-electron chi connectivity index (χ3n) is 1.46. The van der Waals surface area contributed by atoms with Crippen molar-refractivity contribution in [2.45, 2.75) is 13.0 Å². The van der Waals surface area contributed by atoms with E-state index in [1.54, 1.807) is 0 Å². The first-order valence-electron chi connectivity index (χ1n) is 3.91. The summed E-state index contributed by atoms with van der Waals surface area (Å²) in [5, 5.41) is 10.5. The zero-order chi connectivity index (χ0) is 12.5. The first-order valence-corrected chi connectivity index (χ1v) is 4.70. The zero-order valence-corrected chi connectivity index (χ0v) is 9.42. The van der Waals surface area contributed by atoms with Crippen LogP contribution in [-0.2, 0) is 0 Å². The van der Waals surface area contributed by atoms with Gasteiger partial charge >= 0.3 is 11.8 Å². The van der Waals surface area contributed by atoms with Crippen LogP contribution in [0.15, 0.2) is 16.6 Å². The van der Waals surface area contributed by atoms with Gasteiger partial charge in [0.25, 0.3) is 0 Å². The zero-order valence-electron chi connectivity index (χ0n) is 7.84. The number of benzene rings is 1. The number of nitro benzene ring substituents is 1. The van der Waals surface area contributed by atoms with Crippen LogP contribution in [0.5, 0.6) is 5.75 Å². The molecule has 88 valence electrons. The highest BCUT2D eigenvalue weighted by atomic mass is 79.9. The van der Waals surface area contributed by atoms with Crippen LogP contribution < -0.4 is 4.74 Å². The van der Waals surface area contributed by atoms with E-state index in [0.29, 0.717) is 6.92 Å². The average Bonchev–Trinajstić information content (AvgIpc) is 1.96. The van der Waals surface area contributed by atoms with Crippen LogP contribution in [0.1, 0.15) is 6.92 Å². The molecule has 0 bridgehead atoms. The van der Waals surface area contributed by atoms with Crippen molar-refractivity contribution in [1.82, 2.24) is 0 Å². The Kier molecular flexibility index (Phi) is 3.41. The molecule has 0 spiro atoms. The summed E-state index contributed by atoms with van der Waals surface area (Å²) < 4.78 is 42.3. The maximum atomic E-state index is 13.1. The predicted octanol–water partition coefficient (Wildman–Crippen LogP) is 3.49. The Balaban J connectivity index is 3.30. The molecule has 0 aromatic heterocycles. The van der Waals surface area contributed by atoms with Crippen LogP contribution in [0.2, 0.25) is 0 Å². The van der Waals surface area contributed by atoms with Crippen LogP contribution in [0.3, 0.4) is 0 Å². The lowest BCUT2D eigenvalue weighted by molar-refractivity contribution is -0.389. The summed E-state index contributed by atoms with van der Waals surface area (Å²) in [5.74, 6) is -2.08. The second-order valence-corrected chi connectivity index (χ2v) is 3.82. The lowest BCUT2D eigenvalue weighted by Gasteiger charge is -2.13. The van der Waals surface area contributed by atoms with E-state index in [9.17, 15) is 23.3 Å². The number of rotatable bonds is 3. The maximum Gasteiger partial charge on any atom is 0.395 e. The molecule has 1 aromatic rings. The number of halogens is 4. The summed E-state index contributed by atoms with van der Waals surface area (Å²) >= 11 is 2.82. The highest BCUT2D eigenvalue weighted by Crippen LogP contribution is 2.36. The highest BCUT2D eigenvalue weighted by molar-refractivity contribution is 9.10. The van der Waals surface area contributed by atoms with E-state index in [0.717, 1.165) is 12.1 Å². The van der Waals surface area contributed by atoms with E-state index in [2.05, 4.69) is 20.7 Å². The smallest absolute Gasteiger partial charge is 0.395 e. The van der Waals surface area contributed by atoms with Gasteiger partial charge in [0, 0.05) is 17.5 Å². The molecule has 0 amide bonds. The van der Waals surface area contributed by atoms with Crippen LogP contribution >= 0.6 is 15.9 Å². The van der Waals surface area contributed by atoms with Crippen molar-refractivity contribution in [3.05, 3.63) is 32.5 Å². The van der Waals surface area contributed by atoms with Crippen molar-refractivity contribution in [3.63, 3.8) is 0 Å². The second-order valence-electron chi connectivity index (χ2n) is 2.90. The molecule has 1 rings (SSSR count). The van der Waals surface area contributed by atoms with Crippen LogP contribution in [0, 0.1) is 15.9 Å². The molecule has 0 atom stereocenters.